The summed E-state index contributed by atoms with van der Waals surface area (Å²) in [6, 6.07) is 8.06. The summed E-state index contributed by atoms with van der Waals surface area (Å²) >= 11 is 0. The lowest BCUT2D eigenvalue weighted by Gasteiger charge is -2.15. The van der Waals surface area contributed by atoms with Crippen LogP contribution >= 0.6 is 0 Å². The molecule has 0 spiro atoms. The summed E-state index contributed by atoms with van der Waals surface area (Å²) < 4.78 is 5.24. The predicted octanol–water partition coefficient (Wildman–Crippen LogP) is 2.53. The second kappa shape index (κ2) is 8.79. The minimum atomic E-state index is -0.191. The van der Waals surface area contributed by atoms with Crippen LogP contribution in [0, 0.1) is 0 Å². The van der Waals surface area contributed by atoms with Crippen LogP contribution in [0.25, 0.3) is 11.4 Å². The highest BCUT2D eigenvalue weighted by atomic mass is 16.5. The van der Waals surface area contributed by atoms with Crippen molar-refractivity contribution in [1.82, 2.24) is 20.4 Å². The molecule has 1 aromatic carbocycles. The third kappa shape index (κ3) is 5.15. The fourth-order valence-corrected chi connectivity index (χ4v) is 3.05. The Labute approximate surface area is 159 Å². The van der Waals surface area contributed by atoms with Crippen LogP contribution in [0.4, 0.5) is 0 Å². The highest BCUT2D eigenvalue weighted by molar-refractivity contribution is 5.84. The molecule has 2 aromatic rings. The number of aromatic nitrogens is 2. The van der Waals surface area contributed by atoms with Gasteiger partial charge in [-0.15, -0.1) is 0 Å². The standard InChI is InChI=1S/C20H26N4O3/c1-14(2)15-5-7-16(8-6-15)20-22-18(27-23-20)10-9-17(25)21-13-19(26)24-11-3-4-12-24/h5-8,14H,3-4,9-13H2,1-2H3,(H,21,25). The molecule has 1 aliphatic heterocycles. The Morgan fingerprint density at radius 3 is 2.56 bits per heavy atom. The van der Waals surface area contributed by atoms with Crippen LogP contribution in [0.15, 0.2) is 28.8 Å². The van der Waals surface area contributed by atoms with E-state index in [1.54, 1.807) is 4.90 Å². The van der Waals surface area contributed by atoms with Crippen LogP contribution in [0.3, 0.4) is 0 Å². The first-order chi connectivity index (χ1) is 13.0. The molecule has 0 aliphatic carbocycles. The van der Waals surface area contributed by atoms with Crippen LogP contribution in [-0.2, 0) is 16.0 Å². The number of aryl methyl sites for hydroxylation is 1. The van der Waals surface area contributed by atoms with Gasteiger partial charge in [0, 0.05) is 31.5 Å². The number of hydrogen-bond donors (Lipinski definition) is 1. The van der Waals surface area contributed by atoms with Crippen molar-refractivity contribution in [3.8, 4) is 11.4 Å². The Bertz CT molecular complexity index is 777. The molecular formula is C20H26N4O3. The van der Waals surface area contributed by atoms with Crippen molar-refractivity contribution < 1.29 is 14.1 Å². The number of benzene rings is 1. The molecule has 1 saturated heterocycles. The molecule has 1 aliphatic rings. The number of hydrogen-bond acceptors (Lipinski definition) is 5. The molecule has 2 amide bonds. The van der Waals surface area contributed by atoms with Gasteiger partial charge < -0.3 is 14.7 Å². The number of amides is 2. The second-order valence-electron chi connectivity index (χ2n) is 7.15. The third-order valence-electron chi connectivity index (χ3n) is 4.77. The smallest absolute Gasteiger partial charge is 0.241 e. The summed E-state index contributed by atoms with van der Waals surface area (Å²) in [6.07, 6.45) is 2.64. The summed E-state index contributed by atoms with van der Waals surface area (Å²) in [4.78, 5) is 30.0. The van der Waals surface area contributed by atoms with Gasteiger partial charge in [-0.05, 0) is 24.3 Å². The molecule has 1 N–H and O–H groups in total. The maximum atomic E-state index is 11.9. The van der Waals surface area contributed by atoms with E-state index in [2.05, 4.69) is 41.4 Å². The van der Waals surface area contributed by atoms with Gasteiger partial charge in [0.05, 0.1) is 6.54 Å². The van der Waals surface area contributed by atoms with Gasteiger partial charge in [0.15, 0.2) is 0 Å². The zero-order valence-electron chi connectivity index (χ0n) is 15.9. The van der Waals surface area contributed by atoms with Crippen molar-refractivity contribution in [2.24, 2.45) is 0 Å². The maximum absolute atomic E-state index is 11.9. The summed E-state index contributed by atoms with van der Waals surface area (Å²) in [7, 11) is 0. The van der Waals surface area contributed by atoms with Crippen LogP contribution < -0.4 is 5.32 Å². The summed E-state index contributed by atoms with van der Waals surface area (Å²) in [6.45, 7) is 5.92. The van der Waals surface area contributed by atoms with Crippen LogP contribution in [0.2, 0.25) is 0 Å². The number of rotatable bonds is 7. The summed E-state index contributed by atoms with van der Waals surface area (Å²) in [5.41, 5.74) is 2.14. The molecule has 144 valence electrons. The van der Waals surface area contributed by atoms with Gasteiger partial charge in [-0.2, -0.15) is 4.98 Å². The first-order valence-electron chi connectivity index (χ1n) is 9.50. The van der Waals surface area contributed by atoms with Crippen LogP contribution in [-0.4, -0.2) is 46.5 Å². The van der Waals surface area contributed by atoms with Gasteiger partial charge in [-0.1, -0.05) is 43.3 Å². The molecule has 0 unspecified atom stereocenters. The molecule has 2 heterocycles. The number of carbonyl (C=O) groups is 2. The van der Waals surface area contributed by atoms with E-state index in [1.807, 2.05) is 12.1 Å². The molecular weight excluding hydrogens is 344 g/mol. The van der Waals surface area contributed by atoms with Crippen molar-refractivity contribution in [3.05, 3.63) is 35.7 Å². The Balaban J connectivity index is 1.46. The fraction of sp³-hybridized carbons (Fsp3) is 0.500. The van der Waals surface area contributed by atoms with Crippen molar-refractivity contribution in [2.75, 3.05) is 19.6 Å². The van der Waals surface area contributed by atoms with Gasteiger partial charge in [0.2, 0.25) is 23.5 Å². The molecule has 1 fully saturated rings. The quantitative estimate of drug-likeness (QED) is 0.809. The highest BCUT2D eigenvalue weighted by Gasteiger charge is 2.18. The van der Waals surface area contributed by atoms with Gasteiger partial charge in [0.25, 0.3) is 0 Å². The van der Waals surface area contributed by atoms with E-state index in [1.165, 1.54) is 5.56 Å². The zero-order chi connectivity index (χ0) is 19.2. The maximum Gasteiger partial charge on any atom is 0.241 e. The Kier molecular flexibility index (Phi) is 6.21. The number of carbonyl (C=O) groups excluding carboxylic acids is 2. The highest BCUT2D eigenvalue weighted by Crippen LogP contribution is 2.20. The van der Waals surface area contributed by atoms with E-state index in [9.17, 15) is 9.59 Å². The molecule has 0 atom stereocenters. The van der Waals surface area contributed by atoms with E-state index in [-0.39, 0.29) is 24.8 Å². The SMILES string of the molecule is CC(C)c1ccc(-c2noc(CCC(=O)NCC(=O)N3CCCC3)n2)cc1. The van der Waals surface area contributed by atoms with Crippen molar-refractivity contribution >= 4 is 11.8 Å². The van der Waals surface area contributed by atoms with E-state index in [0.717, 1.165) is 31.5 Å². The average molecular weight is 370 g/mol. The molecule has 7 nitrogen and oxygen atoms in total. The lowest BCUT2D eigenvalue weighted by Crippen LogP contribution is -2.38. The van der Waals surface area contributed by atoms with Gasteiger partial charge in [0.1, 0.15) is 0 Å². The normalized spacial score (nSPS) is 14.0. The van der Waals surface area contributed by atoms with E-state index >= 15 is 0 Å². The molecule has 0 bridgehead atoms. The van der Waals surface area contributed by atoms with Crippen molar-refractivity contribution in [2.45, 2.75) is 45.4 Å². The summed E-state index contributed by atoms with van der Waals surface area (Å²) in [5.74, 6) is 1.19. The largest absolute Gasteiger partial charge is 0.347 e. The number of likely N-dealkylation sites (tertiary alicyclic amines) is 1. The lowest BCUT2D eigenvalue weighted by molar-refractivity contribution is -0.132. The number of nitrogens with zero attached hydrogens (tertiary/aromatic N) is 3. The molecule has 7 heteroatoms. The van der Waals surface area contributed by atoms with Gasteiger partial charge in [-0.3, -0.25) is 9.59 Å². The van der Waals surface area contributed by atoms with E-state index in [0.29, 0.717) is 24.1 Å². The minimum absolute atomic E-state index is 0.0224. The molecule has 3 rings (SSSR count). The first kappa shape index (κ1) is 19.1. The minimum Gasteiger partial charge on any atom is -0.347 e. The summed E-state index contributed by atoms with van der Waals surface area (Å²) in [5, 5.41) is 6.65. The van der Waals surface area contributed by atoms with Crippen LogP contribution in [0.1, 0.15) is 50.5 Å². The molecule has 0 radical (unpaired) electrons. The van der Waals surface area contributed by atoms with Crippen LogP contribution in [0.5, 0.6) is 0 Å². The zero-order valence-corrected chi connectivity index (χ0v) is 15.9. The molecule has 1 aromatic heterocycles. The average Bonchev–Trinajstić information content (AvgIpc) is 3.36. The topological polar surface area (TPSA) is 88.3 Å². The monoisotopic (exact) mass is 370 g/mol. The Morgan fingerprint density at radius 1 is 1.19 bits per heavy atom. The Morgan fingerprint density at radius 2 is 1.89 bits per heavy atom. The molecule has 0 saturated carbocycles. The van der Waals surface area contributed by atoms with Crippen molar-refractivity contribution in [3.63, 3.8) is 0 Å². The lowest BCUT2D eigenvalue weighted by atomic mass is 10.0. The van der Waals surface area contributed by atoms with E-state index in [4.69, 9.17) is 4.52 Å². The first-order valence-corrected chi connectivity index (χ1v) is 9.50. The van der Waals surface area contributed by atoms with Crippen molar-refractivity contribution in [1.29, 1.82) is 0 Å². The molecule has 27 heavy (non-hydrogen) atoms. The predicted molar refractivity (Wildman–Crippen MR) is 101 cm³/mol. The fourth-order valence-electron chi connectivity index (χ4n) is 3.05. The van der Waals surface area contributed by atoms with Gasteiger partial charge >= 0.3 is 0 Å². The third-order valence-corrected chi connectivity index (χ3v) is 4.77. The van der Waals surface area contributed by atoms with Gasteiger partial charge in [-0.25, -0.2) is 0 Å². The Hall–Kier alpha value is -2.70. The van der Waals surface area contributed by atoms with E-state index < -0.39 is 0 Å². The second-order valence-corrected chi connectivity index (χ2v) is 7.15. The number of nitrogens with one attached hydrogen (secondary N) is 1.